The van der Waals surface area contributed by atoms with E-state index >= 15 is 0 Å². The van der Waals surface area contributed by atoms with Crippen LogP contribution >= 0.6 is 0 Å². The zero-order valence-corrected chi connectivity index (χ0v) is 10.3. The van der Waals surface area contributed by atoms with Crippen molar-refractivity contribution >= 4 is 6.29 Å². The molecule has 0 spiro atoms. The topological polar surface area (TPSA) is 55.6 Å². The first-order valence-corrected chi connectivity index (χ1v) is 6.14. The minimum Gasteiger partial charge on any atom is -0.435 e. The van der Waals surface area contributed by atoms with Crippen LogP contribution in [0.25, 0.3) is 0 Å². The number of rotatable bonds is 4. The van der Waals surface area contributed by atoms with Crippen molar-refractivity contribution < 1.29 is 18.3 Å². The molecule has 2 atom stereocenters. The third kappa shape index (κ3) is 3.08. The Hall–Kier alpha value is -1.53. The highest BCUT2D eigenvalue weighted by molar-refractivity contribution is 5.61. The number of benzene rings is 1. The van der Waals surface area contributed by atoms with E-state index in [2.05, 4.69) is 4.74 Å². The molecule has 1 saturated heterocycles. The first kappa shape index (κ1) is 13.9. The Morgan fingerprint density at radius 2 is 2.16 bits per heavy atom. The molecule has 0 aromatic heterocycles. The second kappa shape index (κ2) is 6.08. The van der Waals surface area contributed by atoms with E-state index in [-0.39, 0.29) is 11.7 Å². The number of halogens is 2. The molecule has 4 nitrogen and oxygen atoms in total. The van der Waals surface area contributed by atoms with Crippen LogP contribution in [0.4, 0.5) is 8.78 Å². The summed E-state index contributed by atoms with van der Waals surface area (Å²) in [5.41, 5.74) is 0.607. The van der Waals surface area contributed by atoms with Crippen LogP contribution in [0.1, 0.15) is 24.3 Å². The number of nitrogens with two attached hydrogens (primary N) is 1. The molecule has 6 heteroatoms. The summed E-state index contributed by atoms with van der Waals surface area (Å²) in [7, 11) is 0. The van der Waals surface area contributed by atoms with Crippen molar-refractivity contribution in [1.29, 1.82) is 0 Å². The summed E-state index contributed by atoms with van der Waals surface area (Å²) in [5.74, 6) is 5.68. The first-order chi connectivity index (χ1) is 9.13. The Bertz CT molecular complexity index is 442. The molecule has 0 bridgehead atoms. The molecule has 1 aromatic carbocycles. The maximum absolute atomic E-state index is 12.4. The monoisotopic (exact) mass is 270 g/mol. The van der Waals surface area contributed by atoms with Crippen LogP contribution in [-0.4, -0.2) is 30.5 Å². The number of aldehydes is 1. The maximum atomic E-state index is 12.4. The highest BCUT2D eigenvalue weighted by atomic mass is 19.3. The number of alkyl halides is 2. The molecule has 0 saturated carbocycles. The van der Waals surface area contributed by atoms with Gasteiger partial charge < -0.3 is 9.53 Å². The highest BCUT2D eigenvalue weighted by Crippen LogP contribution is 2.36. The van der Waals surface area contributed by atoms with Gasteiger partial charge in [0.2, 0.25) is 0 Å². The lowest BCUT2D eigenvalue weighted by molar-refractivity contribution is -0.114. The summed E-state index contributed by atoms with van der Waals surface area (Å²) >= 11 is 0. The fraction of sp³-hybridized carbons (Fsp3) is 0.462. The molecule has 2 unspecified atom stereocenters. The van der Waals surface area contributed by atoms with Crippen LogP contribution in [-0.2, 0) is 4.79 Å². The van der Waals surface area contributed by atoms with Crippen molar-refractivity contribution in [3.8, 4) is 5.75 Å². The number of piperidine rings is 1. The van der Waals surface area contributed by atoms with E-state index < -0.39 is 12.7 Å². The lowest BCUT2D eigenvalue weighted by Gasteiger charge is -2.36. The molecule has 19 heavy (non-hydrogen) atoms. The molecule has 2 rings (SSSR count). The van der Waals surface area contributed by atoms with Gasteiger partial charge in [-0.25, -0.2) is 5.01 Å². The Kier molecular flexibility index (Phi) is 4.44. The lowest BCUT2D eigenvalue weighted by Crippen LogP contribution is -2.49. The summed E-state index contributed by atoms with van der Waals surface area (Å²) in [6.45, 7) is -2.26. The molecular formula is C13H16F2N2O2. The molecule has 0 radical (unpaired) electrons. The molecule has 2 N–H and O–H groups in total. The molecule has 104 valence electrons. The second-order valence-corrected chi connectivity index (χ2v) is 4.53. The van der Waals surface area contributed by atoms with Crippen molar-refractivity contribution in [1.82, 2.24) is 5.01 Å². The maximum Gasteiger partial charge on any atom is 0.387 e. The van der Waals surface area contributed by atoms with Crippen molar-refractivity contribution in [2.24, 2.45) is 5.84 Å². The first-order valence-electron chi connectivity index (χ1n) is 6.14. The number of carbonyl (C=O) groups excluding carboxylic acids is 1. The molecule has 0 aliphatic carbocycles. The molecule has 0 amide bonds. The van der Waals surface area contributed by atoms with Crippen molar-refractivity contribution in [3.63, 3.8) is 0 Å². The van der Waals surface area contributed by atoms with Gasteiger partial charge in [-0.2, -0.15) is 8.78 Å². The summed E-state index contributed by atoms with van der Waals surface area (Å²) < 4.78 is 29.3. The van der Waals surface area contributed by atoms with Gasteiger partial charge in [0, 0.05) is 12.5 Å². The van der Waals surface area contributed by atoms with Gasteiger partial charge in [0.05, 0.1) is 6.04 Å². The zero-order chi connectivity index (χ0) is 13.8. The predicted octanol–water partition coefficient (Wildman–Crippen LogP) is 1.91. The fourth-order valence-corrected chi connectivity index (χ4v) is 2.55. The number of hydrogen-bond donors (Lipinski definition) is 1. The third-order valence-electron chi connectivity index (χ3n) is 3.40. The molecule has 1 heterocycles. The van der Waals surface area contributed by atoms with Crippen LogP contribution in [0.15, 0.2) is 24.3 Å². The number of hydrogen-bond acceptors (Lipinski definition) is 4. The Labute approximate surface area is 110 Å². The largest absolute Gasteiger partial charge is 0.435 e. The molecular weight excluding hydrogens is 254 g/mol. The highest BCUT2D eigenvalue weighted by Gasteiger charge is 2.32. The zero-order valence-electron chi connectivity index (χ0n) is 10.3. The van der Waals surface area contributed by atoms with Gasteiger partial charge in [-0.3, -0.25) is 5.84 Å². The van der Waals surface area contributed by atoms with Crippen LogP contribution < -0.4 is 10.6 Å². The van der Waals surface area contributed by atoms with Gasteiger partial charge in [0.1, 0.15) is 12.0 Å². The standard InChI is InChI=1S/C13H16F2N2O2/c14-13(15)19-12-6-2-1-4-10(12)9-5-3-7-17(16)11(9)8-18/h1-2,4,6,8-9,11,13H,3,5,7,16H2. The van der Waals surface area contributed by atoms with Gasteiger partial charge >= 0.3 is 6.61 Å². The van der Waals surface area contributed by atoms with Crippen LogP contribution in [0.5, 0.6) is 5.75 Å². The van der Waals surface area contributed by atoms with E-state index in [1.165, 1.54) is 11.1 Å². The Morgan fingerprint density at radius 1 is 1.42 bits per heavy atom. The summed E-state index contributed by atoms with van der Waals surface area (Å²) in [4.78, 5) is 11.2. The van der Waals surface area contributed by atoms with E-state index in [1.54, 1.807) is 18.2 Å². The van der Waals surface area contributed by atoms with Gasteiger partial charge in [-0.1, -0.05) is 18.2 Å². The Morgan fingerprint density at radius 3 is 2.84 bits per heavy atom. The van der Waals surface area contributed by atoms with E-state index in [9.17, 15) is 13.6 Å². The van der Waals surface area contributed by atoms with Crippen LogP contribution in [0.3, 0.4) is 0 Å². The number of nitrogens with zero attached hydrogens (tertiary/aromatic N) is 1. The van der Waals surface area contributed by atoms with E-state index in [4.69, 9.17) is 5.84 Å². The average Bonchev–Trinajstić information content (AvgIpc) is 2.38. The SMILES string of the molecule is NN1CCCC(c2ccccc2OC(F)F)C1C=O. The van der Waals surface area contributed by atoms with Crippen molar-refractivity contribution in [3.05, 3.63) is 29.8 Å². The average molecular weight is 270 g/mol. The van der Waals surface area contributed by atoms with E-state index in [0.717, 1.165) is 19.1 Å². The molecule has 1 aliphatic heterocycles. The third-order valence-corrected chi connectivity index (χ3v) is 3.40. The molecule has 1 fully saturated rings. The summed E-state index contributed by atoms with van der Waals surface area (Å²) in [6.07, 6.45) is 2.30. The van der Waals surface area contributed by atoms with Crippen LogP contribution in [0.2, 0.25) is 0 Å². The van der Waals surface area contributed by atoms with Gasteiger partial charge in [-0.15, -0.1) is 0 Å². The van der Waals surface area contributed by atoms with Crippen molar-refractivity contribution in [2.45, 2.75) is 31.4 Å². The number of para-hydroxylation sites is 1. The Balaban J connectivity index is 2.31. The van der Waals surface area contributed by atoms with Gasteiger partial charge in [-0.05, 0) is 24.5 Å². The number of hydrazine groups is 1. The smallest absolute Gasteiger partial charge is 0.387 e. The summed E-state index contributed by atoms with van der Waals surface area (Å²) in [5, 5.41) is 1.46. The number of ether oxygens (including phenoxy) is 1. The quantitative estimate of drug-likeness (QED) is 0.670. The second-order valence-electron chi connectivity index (χ2n) is 4.53. The predicted molar refractivity (Wildman–Crippen MR) is 65.8 cm³/mol. The summed E-state index contributed by atoms with van der Waals surface area (Å²) in [6, 6.07) is 6.05. The number of carbonyl (C=O) groups is 1. The van der Waals surface area contributed by atoms with Gasteiger partial charge in [0.15, 0.2) is 0 Å². The normalized spacial score (nSPS) is 24.4. The minimum atomic E-state index is -2.88. The minimum absolute atomic E-state index is 0.115. The van der Waals surface area contributed by atoms with Crippen molar-refractivity contribution in [2.75, 3.05) is 6.54 Å². The van der Waals surface area contributed by atoms with Crippen LogP contribution in [0, 0.1) is 0 Å². The lowest BCUT2D eigenvalue weighted by atomic mass is 9.84. The molecule has 1 aliphatic rings. The van der Waals surface area contributed by atoms with Gasteiger partial charge in [0.25, 0.3) is 0 Å². The van der Waals surface area contributed by atoms with E-state index in [0.29, 0.717) is 12.1 Å². The molecule has 1 aromatic rings. The fourth-order valence-electron chi connectivity index (χ4n) is 2.55. The van der Waals surface area contributed by atoms with E-state index in [1.807, 2.05) is 0 Å².